The SMILES string of the molecule is CN1c2cc3ccccc3cc2Sc2cc3ccccc3cc21.Cc1c2c(cc3nc4cc5c(cc4oc13)nc1ccccc15)Oc1cc3c(cc1N2)-c1ccccc1C3.Cc1c2cc3ccccc3cc2cc2cc3ccccc3cc12.Cn1c2ccccc2c2ccccc21. The maximum Gasteiger partial charge on any atom is 0.158 e. The number of rotatable bonds is 0. The number of nitrogens with zero attached hydrogens (tertiary/aromatic N) is 4. The monoisotopic (exact) mass is 1260 g/mol. The first-order valence-corrected chi connectivity index (χ1v) is 33.9. The molecule has 1 N–H and O–H groups in total. The van der Waals surface area contributed by atoms with Gasteiger partial charge in [-0.25, -0.2) is 9.97 Å². The number of ether oxygens (including phenoxy) is 1. The summed E-state index contributed by atoms with van der Waals surface area (Å²) in [7, 11) is 4.28. The lowest BCUT2D eigenvalue weighted by Crippen LogP contribution is -2.14. The van der Waals surface area contributed by atoms with Gasteiger partial charge in [-0.3, -0.25) is 0 Å². The van der Waals surface area contributed by atoms with Crippen LogP contribution in [0.3, 0.4) is 0 Å². The number of fused-ring (bicyclic) bond motifs is 21. The van der Waals surface area contributed by atoms with Crippen molar-refractivity contribution < 1.29 is 9.15 Å². The molecule has 5 heterocycles. The van der Waals surface area contributed by atoms with Crippen LogP contribution in [-0.4, -0.2) is 21.6 Å². The zero-order valence-corrected chi connectivity index (χ0v) is 54.6. The molecule has 8 heteroatoms. The van der Waals surface area contributed by atoms with Crippen LogP contribution in [0.25, 0.3) is 142 Å². The van der Waals surface area contributed by atoms with Crippen molar-refractivity contribution in [3.05, 3.63) is 301 Å². The number of para-hydroxylation sites is 3. The fraction of sp³-hybridized carbons (Fsp3) is 0.0562. The molecule has 0 saturated heterocycles. The Hall–Kier alpha value is -12.0. The molecule has 0 atom stereocenters. The van der Waals surface area contributed by atoms with Crippen molar-refractivity contribution in [3.8, 4) is 22.6 Å². The summed E-state index contributed by atoms with van der Waals surface area (Å²) in [5.74, 6) is 1.60. The predicted octanol–water partition coefficient (Wildman–Crippen LogP) is 24.6. The molecule has 1 aliphatic carbocycles. The molecule has 2 aliphatic heterocycles. The third-order valence-corrected chi connectivity index (χ3v) is 21.3. The van der Waals surface area contributed by atoms with Crippen molar-refractivity contribution in [2.75, 3.05) is 17.3 Å². The summed E-state index contributed by atoms with van der Waals surface area (Å²) in [6.45, 7) is 4.30. The van der Waals surface area contributed by atoms with Crippen LogP contribution < -0.4 is 15.0 Å². The van der Waals surface area contributed by atoms with Crippen LogP contribution in [-0.2, 0) is 13.5 Å². The summed E-state index contributed by atoms with van der Waals surface area (Å²) in [6.07, 6.45) is 0.928. The van der Waals surface area contributed by atoms with Crippen LogP contribution in [0.2, 0.25) is 0 Å². The molecule has 0 spiro atoms. The number of benzene rings is 16. The Morgan fingerprint density at radius 1 is 0.371 bits per heavy atom. The Labute approximate surface area is 563 Å². The van der Waals surface area contributed by atoms with Gasteiger partial charge < -0.3 is 23.9 Å². The van der Waals surface area contributed by atoms with Crippen LogP contribution in [0.1, 0.15) is 22.3 Å². The van der Waals surface area contributed by atoms with Gasteiger partial charge >= 0.3 is 0 Å². The topological polar surface area (TPSA) is 68.3 Å². The van der Waals surface area contributed by atoms with E-state index in [1.807, 2.05) is 42.1 Å². The molecule has 22 rings (SSSR count). The van der Waals surface area contributed by atoms with E-state index >= 15 is 0 Å². The molecule has 16 aromatic carbocycles. The highest BCUT2D eigenvalue weighted by Crippen LogP contribution is 2.52. The second-order valence-electron chi connectivity index (χ2n) is 25.9. The fourth-order valence-electron chi connectivity index (χ4n) is 15.2. The van der Waals surface area contributed by atoms with Gasteiger partial charge in [0.1, 0.15) is 11.0 Å². The van der Waals surface area contributed by atoms with Crippen molar-refractivity contribution in [2.45, 2.75) is 30.1 Å². The normalized spacial score (nSPS) is 12.6. The van der Waals surface area contributed by atoms with Gasteiger partial charge in [0.2, 0.25) is 0 Å². The lowest BCUT2D eigenvalue weighted by atomic mass is 9.93. The second kappa shape index (κ2) is 22.3. The van der Waals surface area contributed by atoms with Gasteiger partial charge in [-0.1, -0.05) is 188 Å². The van der Waals surface area contributed by atoms with Gasteiger partial charge in [0.25, 0.3) is 0 Å². The molecule has 0 amide bonds. The number of nitrogens with one attached hydrogen (secondary N) is 1. The summed E-state index contributed by atoms with van der Waals surface area (Å²) in [4.78, 5) is 14.8. The Kier molecular flexibility index (Phi) is 13.0. The first-order chi connectivity index (χ1) is 47.7. The third-order valence-electron chi connectivity index (χ3n) is 20.2. The van der Waals surface area contributed by atoms with E-state index in [4.69, 9.17) is 19.1 Å². The predicted molar refractivity (Wildman–Crippen MR) is 409 cm³/mol. The number of hydrogen-bond acceptors (Lipinski definition) is 7. The molecule has 7 nitrogen and oxygen atoms in total. The molecule has 97 heavy (non-hydrogen) atoms. The van der Waals surface area contributed by atoms with Crippen LogP contribution in [0.15, 0.2) is 293 Å². The van der Waals surface area contributed by atoms with E-state index in [2.05, 4.69) is 291 Å². The molecule has 19 aromatic rings. The van der Waals surface area contributed by atoms with Crippen molar-refractivity contribution >= 4 is 165 Å². The molecular formula is C89H61N5O2S. The van der Waals surface area contributed by atoms with Crippen LogP contribution in [0, 0.1) is 13.8 Å². The lowest BCUT2D eigenvalue weighted by molar-refractivity contribution is 0.480. The molecule has 3 aromatic heterocycles. The van der Waals surface area contributed by atoms with Crippen molar-refractivity contribution in [1.82, 2.24) is 14.5 Å². The molecule has 0 unspecified atom stereocenters. The largest absolute Gasteiger partial charge is 0.453 e. The van der Waals surface area contributed by atoms with Crippen molar-refractivity contribution in [3.63, 3.8) is 0 Å². The smallest absolute Gasteiger partial charge is 0.158 e. The first-order valence-electron chi connectivity index (χ1n) is 33.1. The number of hydrogen-bond donors (Lipinski definition) is 1. The Morgan fingerprint density at radius 2 is 0.876 bits per heavy atom. The molecule has 0 saturated carbocycles. The average Bonchev–Trinajstić information content (AvgIpc) is 1.33. The maximum atomic E-state index is 6.46. The zero-order chi connectivity index (χ0) is 64.6. The minimum absolute atomic E-state index is 0.720. The van der Waals surface area contributed by atoms with Crippen LogP contribution in [0.4, 0.5) is 22.7 Å². The Balaban J connectivity index is 0.0000000962. The van der Waals surface area contributed by atoms with Gasteiger partial charge in [-0.2, -0.15) is 0 Å². The number of aromatic nitrogens is 3. The first kappa shape index (κ1) is 56.6. The summed E-state index contributed by atoms with van der Waals surface area (Å²) < 4.78 is 15.2. The maximum absolute atomic E-state index is 6.46. The van der Waals surface area contributed by atoms with E-state index < -0.39 is 0 Å². The summed E-state index contributed by atoms with van der Waals surface area (Å²) in [5.41, 5.74) is 19.5. The van der Waals surface area contributed by atoms with Crippen LogP contribution >= 0.6 is 11.8 Å². The summed E-state index contributed by atoms with van der Waals surface area (Å²) in [5, 5.41) is 24.3. The number of anilines is 4. The van der Waals surface area contributed by atoms with Crippen molar-refractivity contribution in [2.24, 2.45) is 7.05 Å². The minimum atomic E-state index is 0.720. The van der Waals surface area contributed by atoms with E-state index in [0.29, 0.717) is 0 Å². The van der Waals surface area contributed by atoms with Gasteiger partial charge in [-0.15, -0.1) is 0 Å². The van der Waals surface area contributed by atoms with Gasteiger partial charge in [0.15, 0.2) is 22.7 Å². The fourth-order valence-corrected chi connectivity index (χ4v) is 16.4. The van der Waals surface area contributed by atoms with Crippen molar-refractivity contribution in [1.29, 1.82) is 0 Å². The molecule has 0 radical (unpaired) electrons. The molecule has 0 bridgehead atoms. The van der Waals surface area contributed by atoms with E-state index in [0.717, 1.165) is 78.9 Å². The average molecular weight is 1260 g/mol. The molecule has 460 valence electrons. The quantitative estimate of drug-likeness (QED) is 0.152. The van der Waals surface area contributed by atoms with E-state index in [-0.39, 0.29) is 0 Å². The standard InChI is InChI=1S/C32H19N3O2.C23H16.C21H15NS.C13H11N/c1-16-31-30(36-28-11-18-10-17-6-2-3-7-19(17)21(18)12-26(28)35-31)15-27-32(16)37-29-14-24-22(13-25(29)34-27)20-8-4-5-9-23(20)33-24;1-15-22-13-18-8-4-2-6-16(18)10-20(22)12-21-11-17-7-3-5-9-19(17)14-23(15)21;1-22-18-10-14-6-2-4-8-16(14)12-20(18)23-21-13-17-9-5-3-7-15(17)11-19(21)22;1-14-12-8-4-2-6-10(12)11-7-3-5-9-13(11)14/h2-9,11-15,35H,10H2,1H3;2-14H,1H3;2-13H,1H3;2-9H,1H3. The van der Waals surface area contributed by atoms with Gasteiger partial charge in [-0.05, 0) is 204 Å². The summed E-state index contributed by atoms with van der Waals surface area (Å²) >= 11 is 1.87. The third kappa shape index (κ3) is 9.49. The van der Waals surface area contributed by atoms with E-state index in [1.165, 1.54) is 135 Å². The Bertz CT molecular complexity index is 6310. The molecule has 0 fully saturated rings. The van der Waals surface area contributed by atoms with E-state index in [9.17, 15) is 0 Å². The minimum Gasteiger partial charge on any atom is -0.453 e. The highest BCUT2D eigenvalue weighted by atomic mass is 32.2. The zero-order valence-electron chi connectivity index (χ0n) is 53.8. The molecular weight excluding hydrogens is 1200 g/mol. The second-order valence-corrected chi connectivity index (χ2v) is 27.0. The number of aryl methyl sites for hydroxylation is 3. The van der Waals surface area contributed by atoms with E-state index in [1.54, 1.807) is 0 Å². The summed E-state index contributed by atoms with van der Waals surface area (Å²) in [6, 6.07) is 99.4. The van der Waals surface area contributed by atoms with Gasteiger partial charge in [0.05, 0.1) is 33.8 Å². The molecule has 3 aliphatic rings. The highest BCUT2D eigenvalue weighted by molar-refractivity contribution is 7.99. The van der Waals surface area contributed by atoms with Crippen LogP contribution in [0.5, 0.6) is 11.5 Å². The Morgan fingerprint density at radius 3 is 1.49 bits per heavy atom. The lowest BCUT2D eigenvalue weighted by Gasteiger charge is -2.30. The highest BCUT2D eigenvalue weighted by Gasteiger charge is 2.28. The van der Waals surface area contributed by atoms with Gasteiger partial charge in [0, 0.05) is 74.2 Å².